The molecule has 1 N–H and O–H groups in total. The highest BCUT2D eigenvalue weighted by atomic mass is 32.2. The number of carbonyl (C=O) groups excluding carboxylic acids is 1. The monoisotopic (exact) mass is 411 g/mol. The fourth-order valence-electron chi connectivity index (χ4n) is 3.45. The molecule has 0 spiro atoms. The fourth-order valence-corrected chi connectivity index (χ4v) is 3.74. The van der Waals surface area contributed by atoms with Crippen molar-refractivity contribution >= 4 is 29.1 Å². The van der Waals surface area contributed by atoms with Gasteiger partial charge in [-0.3, -0.25) is 9.52 Å². The third kappa shape index (κ3) is 5.00. The van der Waals surface area contributed by atoms with Crippen molar-refractivity contribution in [2.75, 3.05) is 19.9 Å². The molecule has 1 aliphatic rings. The second kappa shape index (κ2) is 9.46. The number of nitrogens with one attached hydrogen (secondary N) is 1. The van der Waals surface area contributed by atoms with Gasteiger partial charge in [-0.1, -0.05) is 31.9 Å². The Morgan fingerprint density at radius 3 is 2.66 bits per heavy atom. The average Bonchev–Trinajstić information content (AvgIpc) is 3.39. The van der Waals surface area contributed by atoms with Gasteiger partial charge in [0.2, 0.25) is 0 Å². The van der Waals surface area contributed by atoms with Gasteiger partial charge in [0.25, 0.3) is 0 Å². The molecule has 2 heterocycles. The van der Waals surface area contributed by atoms with E-state index >= 15 is 0 Å². The van der Waals surface area contributed by atoms with E-state index in [1.54, 1.807) is 25.1 Å². The minimum absolute atomic E-state index is 0.245. The van der Waals surface area contributed by atoms with Crippen LogP contribution in [0.5, 0.6) is 5.75 Å². The molecular weight excluding hydrogens is 382 g/mol. The number of ether oxygens (including phenoxy) is 1. The first-order chi connectivity index (χ1) is 14.0. The molecule has 2 aromatic heterocycles. The molecule has 3 aromatic rings. The van der Waals surface area contributed by atoms with Crippen LogP contribution < -0.4 is 9.46 Å². The molecule has 0 amide bonds. The molecule has 0 radical (unpaired) electrons. The van der Waals surface area contributed by atoms with Crippen LogP contribution in [0, 0.1) is 0 Å². The SMILES string of the molecule is CCSNC.COc1ccc2c(c1)cc(C1(C)CC1)n2Cc1cccc(C=O)n1. The molecule has 4 rings (SSSR count). The maximum absolute atomic E-state index is 11.0. The lowest BCUT2D eigenvalue weighted by Gasteiger charge is -2.15. The zero-order valence-corrected chi connectivity index (χ0v) is 18.4. The second-order valence-electron chi connectivity index (χ2n) is 7.41. The van der Waals surface area contributed by atoms with Crippen molar-refractivity contribution in [3.8, 4) is 5.75 Å². The van der Waals surface area contributed by atoms with Gasteiger partial charge >= 0.3 is 0 Å². The van der Waals surface area contributed by atoms with E-state index in [0.717, 1.165) is 23.5 Å². The molecule has 0 bridgehead atoms. The van der Waals surface area contributed by atoms with Crippen molar-refractivity contribution in [2.45, 2.75) is 38.6 Å². The van der Waals surface area contributed by atoms with Crippen molar-refractivity contribution in [2.24, 2.45) is 0 Å². The molecule has 29 heavy (non-hydrogen) atoms. The maximum Gasteiger partial charge on any atom is 0.168 e. The summed E-state index contributed by atoms with van der Waals surface area (Å²) in [6.45, 7) is 5.09. The van der Waals surface area contributed by atoms with E-state index < -0.39 is 0 Å². The Hall–Kier alpha value is -2.31. The molecule has 6 heteroatoms. The number of hydrogen-bond acceptors (Lipinski definition) is 5. The Bertz CT molecular complexity index is 977. The van der Waals surface area contributed by atoms with E-state index in [2.05, 4.69) is 46.3 Å². The van der Waals surface area contributed by atoms with E-state index in [1.807, 2.05) is 25.2 Å². The number of rotatable bonds is 7. The summed E-state index contributed by atoms with van der Waals surface area (Å²) in [5.74, 6) is 2.02. The predicted molar refractivity (Wildman–Crippen MR) is 121 cm³/mol. The Balaban J connectivity index is 0.000000431. The minimum Gasteiger partial charge on any atom is -0.497 e. The van der Waals surface area contributed by atoms with Crippen LogP contribution in [-0.4, -0.2) is 35.7 Å². The van der Waals surface area contributed by atoms with Crippen LogP contribution in [0.1, 0.15) is 48.6 Å². The average molecular weight is 412 g/mol. The van der Waals surface area contributed by atoms with Gasteiger partial charge in [0.15, 0.2) is 6.29 Å². The first-order valence-electron chi connectivity index (χ1n) is 9.92. The summed E-state index contributed by atoms with van der Waals surface area (Å²) >= 11 is 1.71. The zero-order chi connectivity index (χ0) is 20.9. The van der Waals surface area contributed by atoms with E-state index in [9.17, 15) is 4.79 Å². The summed E-state index contributed by atoms with van der Waals surface area (Å²) in [6.07, 6.45) is 3.22. The third-order valence-electron chi connectivity index (χ3n) is 5.28. The summed E-state index contributed by atoms with van der Waals surface area (Å²) in [5, 5.41) is 1.18. The van der Waals surface area contributed by atoms with Crippen molar-refractivity contribution < 1.29 is 9.53 Å². The van der Waals surface area contributed by atoms with Crippen LogP contribution in [0.3, 0.4) is 0 Å². The topological polar surface area (TPSA) is 56.1 Å². The summed E-state index contributed by atoms with van der Waals surface area (Å²) in [6, 6.07) is 14.0. The maximum atomic E-state index is 11.0. The highest BCUT2D eigenvalue weighted by molar-refractivity contribution is 7.97. The normalized spacial score (nSPS) is 14.2. The van der Waals surface area contributed by atoms with Crippen LogP contribution in [0.2, 0.25) is 0 Å². The molecule has 0 aliphatic heterocycles. The molecule has 0 unspecified atom stereocenters. The van der Waals surface area contributed by atoms with Crippen LogP contribution in [0.15, 0.2) is 42.5 Å². The van der Waals surface area contributed by atoms with Gasteiger partial charge in [-0.15, -0.1) is 0 Å². The number of hydrogen-bond donors (Lipinski definition) is 1. The molecule has 1 fully saturated rings. The number of benzene rings is 1. The number of aromatic nitrogens is 2. The van der Waals surface area contributed by atoms with Gasteiger partial charge in [0, 0.05) is 27.8 Å². The fraction of sp³-hybridized carbons (Fsp3) is 0.391. The van der Waals surface area contributed by atoms with Crippen molar-refractivity contribution in [3.05, 3.63) is 59.5 Å². The van der Waals surface area contributed by atoms with E-state index in [-0.39, 0.29) is 5.41 Å². The van der Waals surface area contributed by atoms with Crippen LogP contribution in [-0.2, 0) is 12.0 Å². The predicted octanol–water partition coefficient (Wildman–Crippen LogP) is 4.83. The lowest BCUT2D eigenvalue weighted by molar-refractivity contribution is 0.111. The number of aldehydes is 1. The number of fused-ring (bicyclic) bond motifs is 1. The quantitative estimate of drug-likeness (QED) is 0.446. The lowest BCUT2D eigenvalue weighted by atomic mass is 10.1. The highest BCUT2D eigenvalue weighted by Crippen LogP contribution is 2.49. The Kier molecular flexibility index (Phi) is 6.98. The van der Waals surface area contributed by atoms with Crippen LogP contribution in [0.4, 0.5) is 0 Å². The van der Waals surface area contributed by atoms with Gasteiger partial charge in [-0.25, -0.2) is 4.98 Å². The summed E-state index contributed by atoms with van der Waals surface area (Å²) in [5.41, 5.74) is 4.14. The van der Waals surface area contributed by atoms with Crippen molar-refractivity contribution in [1.82, 2.24) is 14.3 Å². The van der Waals surface area contributed by atoms with Crippen LogP contribution >= 0.6 is 11.9 Å². The molecule has 0 saturated heterocycles. The van der Waals surface area contributed by atoms with Gasteiger partial charge in [0.1, 0.15) is 11.4 Å². The van der Waals surface area contributed by atoms with Crippen molar-refractivity contribution in [3.63, 3.8) is 0 Å². The van der Waals surface area contributed by atoms with Gasteiger partial charge in [-0.2, -0.15) is 0 Å². The number of methoxy groups -OCH3 is 1. The molecule has 5 nitrogen and oxygen atoms in total. The standard InChI is InChI=1S/C20H20N2O2.C3H9NS/c1-20(8-9-20)19-11-14-10-17(24-2)6-7-18(14)22(19)12-15-4-3-5-16(13-23)21-15;1-3-5-4-2/h3-7,10-11,13H,8-9,12H2,1-2H3;4H,3H2,1-2H3. The van der Waals surface area contributed by atoms with Gasteiger partial charge in [0.05, 0.1) is 19.3 Å². The summed E-state index contributed by atoms with van der Waals surface area (Å²) in [7, 11) is 3.62. The van der Waals surface area contributed by atoms with Crippen molar-refractivity contribution in [1.29, 1.82) is 0 Å². The lowest BCUT2D eigenvalue weighted by Crippen LogP contribution is -2.12. The smallest absolute Gasteiger partial charge is 0.168 e. The van der Waals surface area contributed by atoms with E-state index in [4.69, 9.17) is 4.74 Å². The zero-order valence-electron chi connectivity index (χ0n) is 17.6. The Labute approximate surface area is 177 Å². The highest BCUT2D eigenvalue weighted by Gasteiger charge is 2.41. The van der Waals surface area contributed by atoms with Crippen LogP contribution in [0.25, 0.3) is 10.9 Å². The van der Waals surface area contributed by atoms with Gasteiger partial charge in [-0.05, 0) is 56.3 Å². The molecule has 154 valence electrons. The largest absolute Gasteiger partial charge is 0.497 e. The van der Waals surface area contributed by atoms with E-state index in [1.165, 1.54) is 29.4 Å². The first kappa shape index (κ1) is 21.4. The van der Waals surface area contributed by atoms with Gasteiger partial charge < -0.3 is 9.30 Å². The molecule has 1 saturated carbocycles. The summed E-state index contributed by atoms with van der Waals surface area (Å²) < 4.78 is 10.6. The molecule has 0 atom stereocenters. The van der Waals surface area contributed by atoms with E-state index in [0.29, 0.717) is 12.2 Å². The third-order valence-corrected chi connectivity index (χ3v) is 5.86. The first-order valence-corrected chi connectivity index (χ1v) is 10.9. The number of carbonyl (C=O) groups is 1. The number of pyridine rings is 1. The molecule has 1 aromatic carbocycles. The molecular formula is C23H29N3O2S. The second-order valence-corrected chi connectivity index (χ2v) is 8.68. The minimum atomic E-state index is 0.245. The summed E-state index contributed by atoms with van der Waals surface area (Å²) in [4.78, 5) is 15.4. The molecule has 1 aliphatic carbocycles. The Morgan fingerprint density at radius 2 is 2.07 bits per heavy atom. The Morgan fingerprint density at radius 1 is 1.28 bits per heavy atom. The number of nitrogens with zero attached hydrogens (tertiary/aromatic N) is 2.